The fourth-order valence-electron chi connectivity index (χ4n) is 1.81. The van der Waals surface area contributed by atoms with E-state index in [9.17, 15) is 13.2 Å². The van der Waals surface area contributed by atoms with Gasteiger partial charge in [-0.2, -0.15) is 4.31 Å². The van der Waals surface area contributed by atoms with Crippen molar-refractivity contribution in [2.24, 2.45) is 0 Å². The van der Waals surface area contributed by atoms with E-state index in [-0.39, 0.29) is 35.3 Å². The van der Waals surface area contributed by atoms with E-state index in [1.807, 2.05) is 0 Å². The van der Waals surface area contributed by atoms with Gasteiger partial charge in [0.25, 0.3) is 0 Å². The lowest BCUT2D eigenvalue weighted by Gasteiger charge is -2.19. The Morgan fingerprint density at radius 3 is 2.74 bits per heavy atom. The molecule has 0 unspecified atom stereocenters. The normalized spacial score (nSPS) is 17.9. The summed E-state index contributed by atoms with van der Waals surface area (Å²) in [7, 11) is -3.67. The molecule has 0 spiro atoms. The molecule has 0 aliphatic carbocycles. The number of nitrogens with one attached hydrogen (secondary N) is 1. The van der Waals surface area contributed by atoms with E-state index >= 15 is 0 Å². The van der Waals surface area contributed by atoms with Gasteiger partial charge in [0.2, 0.25) is 15.9 Å². The molecule has 2 rings (SSSR count). The lowest BCUT2D eigenvalue weighted by atomic mass is 10.4. The minimum Gasteiger partial charge on any atom is -0.355 e. The first-order chi connectivity index (χ1) is 8.91. The molecule has 1 N–H and O–H groups in total. The second-order valence-corrected chi connectivity index (χ2v) is 7.31. The lowest BCUT2D eigenvalue weighted by Crippen LogP contribution is -2.34. The average molecular weight is 368 g/mol. The molecular weight excluding hydrogens is 356 g/mol. The van der Waals surface area contributed by atoms with Crippen LogP contribution in [0.25, 0.3) is 0 Å². The fourth-order valence-corrected chi connectivity index (χ4v) is 4.26. The zero-order valence-electron chi connectivity index (χ0n) is 9.90. The maximum atomic E-state index is 12.5. The Labute approximate surface area is 125 Å². The van der Waals surface area contributed by atoms with E-state index in [1.54, 1.807) is 6.07 Å². The third kappa shape index (κ3) is 3.28. The zero-order chi connectivity index (χ0) is 14.0. The molecular formula is C11H12BrClN2O3S. The molecule has 0 bridgehead atoms. The molecule has 1 aliphatic rings. The molecule has 1 heterocycles. The predicted molar refractivity (Wildman–Crippen MR) is 75.5 cm³/mol. The summed E-state index contributed by atoms with van der Waals surface area (Å²) in [5, 5.41) is 2.80. The number of halogens is 2. The molecule has 1 saturated heterocycles. The summed E-state index contributed by atoms with van der Waals surface area (Å²) in [6.07, 6.45) is 0.160. The van der Waals surface area contributed by atoms with Crippen LogP contribution < -0.4 is 5.32 Å². The monoisotopic (exact) mass is 366 g/mol. The summed E-state index contributed by atoms with van der Waals surface area (Å²) < 4.78 is 26.9. The van der Waals surface area contributed by atoms with Crippen LogP contribution in [0.4, 0.5) is 0 Å². The number of carbonyl (C=O) groups excluding carboxylic acids is 1. The van der Waals surface area contributed by atoms with Crippen molar-refractivity contribution in [2.75, 3.05) is 19.6 Å². The smallest absolute Gasteiger partial charge is 0.244 e. The molecule has 19 heavy (non-hydrogen) atoms. The standard InChI is InChI=1S/C11H12BrClN2O3S/c12-8-1-2-10(9(13)7-8)19(17,18)15-5-3-11(16)14-4-6-15/h1-2,7H,3-6H2,(H,14,16). The van der Waals surface area contributed by atoms with Crippen LogP contribution in [0.2, 0.25) is 5.02 Å². The van der Waals surface area contributed by atoms with E-state index in [1.165, 1.54) is 16.4 Å². The first-order valence-electron chi connectivity index (χ1n) is 5.63. The van der Waals surface area contributed by atoms with E-state index in [4.69, 9.17) is 11.6 Å². The number of nitrogens with zero attached hydrogens (tertiary/aromatic N) is 1. The molecule has 1 aromatic rings. The largest absolute Gasteiger partial charge is 0.355 e. The van der Waals surface area contributed by atoms with Crippen LogP contribution in [0.15, 0.2) is 27.6 Å². The van der Waals surface area contributed by atoms with Crippen molar-refractivity contribution in [3.05, 3.63) is 27.7 Å². The zero-order valence-corrected chi connectivity index (χ0v) is 13.1. The van der Waals surface area contributed by atoms with Crippen LogP contribution in [0.3, 0.4) is 0 Å². The molecule has 1 aliphatic heterocycles. The number of hydrogen-bond acceptors (Lipinski definition) is 3. The number of benzene rings is 1. The molecule has 0 saturated carbocycles. The van der Waals surface area contributed by atoms with E-state index in [0.717, 1.165) is 0 Å². The minimum absolute atomic E-state index is 0.0618. The van der Waals surface area contributed by atoms with Gasteiger partial charge in [-0.1, -0.05) is 27.5 Å². The van der Waals surface area contributed by atoms with Crippen LogP contribution in [-0.4, -0.2) is 38.3 Å². The number of carbonyl (C=O) groups is 1. The molecule has 5 nitrogen and oxygen atoms in total. The van der Waals surface area contributed by atoms with Gasteiger partial charge in [0.15, 0.2) is 0 Å². The van der Waals surface area contributed by atoms with Crippen LogP contribution in [0.5, 0.6) is 0 Å². The maximum Gasteiger partial charge on any atom is 0.244 e. The Morgan fingerprint density at radius 2 is 2.05 bits per heavy atom. The maximum absolute atomic E-state index is 12.5. The van der Waals surface area contributed by atoms with Gasteiger partial charge in [0.05, 0.1) is 5.02 Å². The van der Waals surface area contributed by atoms with Gasteiger partial charge < -0.3 is 5.32 Å². The van der Waals surface area contributed by atoms with Crippen molar-refractivity contribution in [2.45, 2.75) is 11.3 Å². The summed E-state index contributed by atoms with van der Waals surface area (Å²) >= 11 is 9.22. The fraction of sp³-hybridized carbons (Fsp3) is 0.364. The summed E-state index contributed by atoms with van der Waals surface area (Å²) in [4.78, 5) is 11.3. The minimum atomic E-state index is -3.67. The highest BCUT2D eigenvalue weighted by Gasteiger charge is 2.28. The third-order valence-corrected chi connectivity index (χ3v) is 5.66. The van der Waals surface area contributed by atoms with Crippen molar-refractivity contribution in [3.8, 4) is 0 Å². The van der Waals surface area contributed by atoms with Crippen LogP contribution in [0, 0.1) is 0 Å². The Kier molecular flexibility index (Phi) is 4.50. The van der Waals surface area contributed by atoms with Crippen LogP contribution >= 0.6 is 27.5 Å². The number of hydrogen-bond donors (Lipinski definition) is 1. The Bertz CT molecular complexity index is 606. The van der Waals surface area contributed by atoms with Crippen molar-refractivity contribution < 1.29 is 13.2 Å². The highest BCUT2D eigenvalue weighted by Crippen LogP contribution is 2.27. The van der Waals surface area contributed by atoms with Crippen molar-refractivity contribution in [1.82, 2.24) is 9.62 Å². The molecule has 104 valence electrons. The molecule has 1 aromatic carbocycles. The molecule has 8 heteroatoms. The van der Waals surface area contributed by atoms with Gasteiger partial charge in [-0.15, -0.1) is 0 Å². The van der Waals surface area contributed by atoms with Crippen molar-refractivity contribution in [3.63, 3.8) is 0 Å². The Hall–Kier alpha value is -0.630. The Morgan fingerprint density at radius 1 is 1.32 bits per heavy atom. The first kappa shape index (κ1) is 14.8. The van der Waals surface area contributed by atoms with Crippen LogP contribution in [0.1, 0.15) is 6.42 Å². The number of sulfonamides is 1. The van der Waals surface area contributed by atoms with E-state index < -0.39 is 10.0 Å². The SMILES string of the molecule is O=C1CCN(S(=O)(=O)c2ccc(Br)cc2Cl)CCN1. The van der Waals surface area contributed by atoms with Gasteiger partial charge in [-0.05, 0) is 18.2 Å². The number of amides is 1. The molecule has 1 fully saturated rings. The molecule has 0 aromatic heterocycles. The quantitative estimate of drug-likeness (QED) is 0.863. The van der Waals surface area contributed by atoms with Gasteiger partial charge in [-0.25, -0.2) is 8.42 Å². The molecule has 0 radical (unpaired) electrons. The highest BCUT2D eigenvalue weighted by molar-refractivity contribution is 9.10. The molecule has 1 amide bonds. The topological polar surface area (TPSA) is 66.5 Å². The van der Waals surface area contributed by atoms with Gasteiger partial charge in [0.1, 0.15) is 4.90 Å². The third-order valence-electron chi connectivity index (χ3n) is 2.78. The van der Waals surface area contributed by atoms with E-state index in [2.05, 4.69) is 21.2 Å². The average Bonchev–Trinajstić information content (AvgIpc) is 2.53. The summed E-state index contributed by atoms with van der Waals surface area (Å²) in [6.45, 7) is 0.729. The van der Waals surface area contributed by atoms with Crippen LogP contribution in [-0.2, 0) is 14.8 Å². The lowest BCUT2D eigenvalue weighted by molar-refractivity contribution is -0.120. The number of rotatable bonds is 2. The summed E-state index contributed by atoms with van der Waals surface area (Å²) in [6, 6.07) is 4.62. The first-order valence-corrected chi connectivity index (χ1v) is 8.24. The second-order valence-electron chi connectivity index (χ2n) is 4.08. The van der Waals surface area contributed by atoms with Crippen molar-refractivity contribution >= 4 is 43.5 Å². The highest BCUT2D eigenvalue weighted by atomic mass is 79.9. The predicted octanol–water partition coefficient (Wildman–Crippen LogP) is 1.61. The summed E-state index contributed by atoms with van der Waals surface area (Å²) in [5.41, 5.74) is 0. The summed E-state index contributed by atoms with van der Waals surface area (Å²) in [5.74, 6) is -0.139. The van der Waals surface area contributed by atoms with Gasteiger partial charge in [0, 0.05) is 30.5 Å². The van der Waals surface area contributed by atoms with Gasteiger partial charge in [-0.3, -0.25) is 4.79 Å². The molecule has 0 atom stereocenters. The Balaban J connectivity index is 2.33. The van der Waals surface area contributed by atoms with Gasteiger partial charge >= 0.3 is 0 Å². The second kappa shape index (κ2) is 5.78. The van der Waals surface area contributed by atoms with Crippen molar-refractivity contribution in [1.29, 1.82) is 0 Å². The van der Waals surface area contributed by atoms with E-state index in [0.29, 0.717) is 11.0 Å².